The Balaban J connectivity index is 1.85. The van der Waals surface area contributed by atoms with Crippen molar-refractivity contribution in [1.29, 1.82) is 0 Å². The first-order valence-electron chi connectivity index (χ1n) is 10.8. The monoisotopic (exact) mass is 568 g/mol. The van der Waals surface area contributed by atoms with E-state index in [4.69, 9.17) is 0 Å². The summed E-state index contributed by atoms with van der Waals surface area (Å²) in [6, 6.07) is 5.14. The molecule has 5 heteroatoms. The zero-order valence-corrected chi connectivity index (χ0v) is 25.0. The molecule has 0 saturated carbocycles. The molecule has 0 amide bonds. The van der Waals surface area contributed by atoms with Crippen molar-refractivity contribution < 1.29 is 0 Å². The van der Waals surface area contributed by atoms with E-state index in [9.17, 15) is 0 Å². The fourth-order valence-electron chi connectivity index (χ4n) is 4.71. The third-order valence-corrected chi connectivity index (χ3v) is 17.5. The largest absolute Gasteiger partial charge is 0.145 e. The molecule has 2 aliphatic carbocycles. The van der Waals surface area contributed by atoms with Crippen molar-refractivity contribution in [3.63, 3.8) is 0 Å². The van der Waals surface area contributed by atoms with E-state index in [0.29, 0.717) is 11.8 Å². The smallest absolute Gasteiger partial charge is 0.0904 e. The van der Waals surface area contributed by atoms with Crippen LogP contribution >= 0.6 is 45.3 Å². The van der Waals surface area contributed by atoms with Gasteiger partial charge in [0, 0.05) is 25.2 Å². The highest BCUT2D eigenvalue weighted by Crippen LogP contribution is 2.57. The molecule has 0 bridgehead atoms. The first kappa shape index (κ1) is 22.2. The maximum absolute atomic E-state index is 2.67. The van der Waals surface area contributed by atoms with E-state index in [1.807, 2.05) is 0 Å². The minimum absolute atomic E-state index is 0.530. The quantitative estimate of drug-likeness (QED) is 0.258. The summed E-state index contributed by atoms with van der Waals surface area (Å²) in [6.45, 7) is 22.1. The van der Waals surface area contributed by atoms with Gasteiger partial charge in [0.05, 0.1) is 16.1 Å². The van der Waals surface area contributed by atoms with E-state index in [1.165, 1.54) is 3.58 Å². The second-order valence-electron chi connectivity index (χ2n) is 10.7. The van der Waals surface area contributed by atoms with Gasteiger partial charge in [-0.05, 0) is 78.0 Å². The lowest BCUT2D eigenvalue weighted by molar-refractivity contribution is 0.859. The van der Waals surface area contributed by atoms with E-state index >= 15 is 0 Å². The Kier molecular flexibility index (Phi) is 5.59. The molecule has 2 unspecified atom stereocenters. The lowest BCUT2D eigenvalue weighted by atomic mass is 9.85. The van der Waals surface area contributed by atoms with Gasteiger partial charge in [-0.2, -0.15) is 0 Å². The second-order valence-corrected chi connectivity index (χ2v) is 24.7. The predicted octanol–water partition coefficient (Wildman–Crippen LogP) is 8.14. The number of halogens is 1. The van der Waals surface area contributed by atoms with Crippen molar-refractivity contribution in [2.24, 2.45) is 0 Å². The van der Waals surface area contributed by atoms with Crippen LogP contribution in [0.4, 0.5) is 0 Å². The summed E-state index contributed by atoms with van der Waals surface area (Å²) in [5.41, 5.74) is 8.14. The van der Waals surface area contributed by atoms with E-state index in [1.54, 1.807) is 46.6 Å². The van der Waals surface area contributed by atoms with Gasteiger partial charge in [0.1, 0.15) is 0 Å². The zero-order chi connectivity index (χ0) is 21.5. The van der Waals surface area contributed by atoms with E-state index in [2.05, 4.69) is 117 Å². The molecule has 0 N–H and O–H groups in total. The molecule has 0 nitrogen and oxygen atoms in total. The number of fused-ring (bicyclic) bond motifs is 2. The van der Waals surface area contributed by atoms with Crippen molar-refractivity contribution in [3.8, 4) is 0 Å². The van der Waals surface area contributed by atoms with Crippen molar-refractivity contribution in [3.05, 3.63) is 44.2 Å². The standard InChI is InChI=1S/C24H33IS2Si2/c1-10-15-20(13(2)16-11-18(26-23(15)16)28(4,5)6)21-14(3)17-12-19(29(7,8)9)27-24(17)22(21)25/h11-14H,10H2,1-9H3. The molecule has 0 saturated heterocycles. The van der Waals surface area contributed by atoms with Crippen LogP contribution < -0.4 is 9.00 Å². The Hall–Kier alpha value is 0.0438. The highest BCUT2D eigenvalue weighted by molar-refractivity contribution is 14.1. The molecule has 0 radical (unpaired) electrons. The normalized spacial score (nSPS) is 22.0. The summed E-state index contributed by atoms with van der Waals surface area (Å²) < 4.78 is 4.86. The average molecular weight is 569 g/mol. The van der Waals surface area contributed by atoms with E-state index in [0.717, 1.165) is 6.42 Å². The Morgan fingerprint density at radius 3 is 1.69 bits per heavy atom. The van der Waals surface area contributed by atoms with Crippen LogP contribution in [0, 0.1) is 0 Å². The van der Waals surface area contributed by atoms with Gasteiger partial charge in [-0.15, -0.1) is 22.7 Å². The van der Waals surface area contributed by atoms with E-state index in [-0.39, 0.29) is 0 Å². The van der Waals surface area contributed by atoms with Crippen LogP contribution in [-0.4, -0.2) is 16.1 Å². The van der Waals surface area contributed by atoms with Crippen LogP contribution in [0.5, 0.6) is 0 Å². The molecule has 0 aromatic carbocycles. The van der Waals surface area contributed by atoms with Gasteiger partial charge in [-0.3, -0.25) is 0 Å². The summed E-state index contributed by atoms with van der Waals surface area (Å²) in [5.74, 6) is 1.07. The van der Waals surface area contributed by atoms with Gasteiger partial charge in [0.2, 0.25) is 0 Å². The Labute approximate surface area is 200 Å². The molecule has 2 atom stereocenters. The van der Waals surface area contributed by atoms with Gasteiger partial charge < -0.3 is 0 Å². The zero-order valence-electron chi connectivity index (χ0n) is 19.2. The van der Waals surface area contributed by atoms with Crippen LogP contribution in [0.2, 0.25) is 39.3 Å². The minimum Gasteiger partial charge on any atom is -0.145 e. The third-order valence-electron chi connectivity index (χ3n) is 6.48. The molecule has 0 spiro atoms. The Morgan fingerprint density at radius 1 is 0.793 bits per heavy atom. The molecule has 2 aromatic rings. The summed E-state index contributed by atoms with van der Waals surface area (Å²) in [7, 11) is -2.51. The molecule has 0 fully saturated rings. The van der Waals surface area contributed by atoms with Crippen molar-refractivity contribution in [1.82, 2.24) is 0 Å². The first-order valence-corrected chi connectivity index (χ1v) is 20.5. The summed E-state index contributed by atoms with van der Waals surface area (Å²) >= 11 is 6.86. The fraction of sp³-hybridized carbons (Fsp3) is 0.500. The number of allylic oxidation sites excluding steroid dienone is 3. The SMILES string of the molecule is CCC1=C(C2=C(I)c3sc([Si](C)(C)C)cc3C2C)C(C)c2cc([Si](C)(C)C)sc21. The van der Waals surface area contributed by atoms with Gasteiger partial charge >= 0.3 is 0 Å². The maximum Gasteiger partial charge on any atom is 0.0904 e. The van der Waals surface area contributed by atoms with Crippen LogP contribution in [0.25, 0.3) is 9.15 Å². The Morgan fingerprint density at radius 2 is 1.24 bits per heavy atom. The van der Waals surface area contributed by atoms with Gasteiger partial charge in [-0.25, -0.2) is 0 Å². The second kappa shape index (κ2) is 7.29. The average Bonchev–Trinajstić information content (AvgIpc) is 3.31. The molecule has 2 heterocycles. The minimum atomic E-state index is -1.26. The van der Waals surface area contributed by atoms with Gasteiger partial charge in [0.25, 0.3) is 0 Å². The molecule has 2 aliphatic rings. The summed E-state index contributed by atoms with van der Waals surface area (Å²) in [5, 5.41) is 0. The van der Waals surface area contributed by atoms with Crippen molar-refractivity contribution in [2.75, 3.05) is 0 Å². The highest BCUT2D eigenvalue weighted by atomic mass is 127. The number of hydrogen-bond acceptors (Lipinski definition) is 2. The summed E-state index contributed by atoms with van der Waals surface area (Å²) in [6.07, 6.45) is 1.15. The van der Waals surface area contributed by atoms with Crippen LogP contribution in [0.15, 0.2) is 23.3 Å². The predicted molar refractivity (Wildman–Crippen MR) is 150 cm³/mol. The fourth-order valence-corrected chi connectivity index (χ4v) is 12.4. The lowest BCUT2D eigenvalue weighted by Crippen LogP contribution is -2.35. The summed E-state index contributed by atoms with van der Waals surface area (Å²) in [4.78, 5) is 3.17. The maximum atomic E-state index is 2.67. The van der Waals surface area contributed by atoms with Gasteiger partial charge in [0.15, 0.2) is 0 Å². The Bertz CT molecular complexity index is 1050. The van der Waals surface area contributed by atoms with E-state index < -0.39 is 16.1 Å². The molecule has 29 heavy (non-hydrogen) atoms. The molecule has 0 aliphatic heterocycles. The molecular weight excluding hydrogens is 535 g/mol. The molecular formula is C24H33IS2Si2. The van der Waals surface area contributed by atoms with Crippen molar-refractivity contribution in [2.45, 2.75) is 78.3 Å². The third kappa shape index (κ3) is 3.47. The van der Waals surface area contributed by atoms with Gasteiger partial charge in [-0.1, -0.05) is 60.1 Å². The topological polar surface area (TPSA) is 0 Å². The molecule has 4 rings (SSSR count). The first-order chi connectivity index (χ1) is 13.4. The molecule has 156 valence electrons. The highest BCUT2D eigenvalue weighted by Gasteiger charge is 2.40. The van der Waals surface area contributed by atoms with Crippen LogP contribution in [0.1, 0.15) is 59.9 Å². The number of rotatable bonds is 4. The van der Waals surface area contributed by atoms with Crippen LogP contribution in [-0.2, 0) is 0 Å². The number of hydrogen-bond donors (Lipinski definition) is 0. The number of thiophene rings is 2. The molecule has 2 aromatic heterocycles. The van der Waals surface area contributed by atoms with Crippen molar-refractivity contribution >= 4 is 79.6 Å². The lowest BCUT2D eigenvalue weighted by Gasteiger charge is -2.21. The van der Waals surface area contributed by atoms with Crippen LogP contribution in [0.3, 0.4) is 0 Å².